The fourth-order valence-corrected chi connectivity index (χ4v) is 1.83. The van der Waals surface area contributed by atoms with Crippen LogP contribution in [-0.2, 0) is 11.3 Å². The molecule has 0 unspecified atom stereocenters. The Bertz CT molecular complexity index is 529. The van der Waals surface area contributed by atoms with Crippen molar-refractivity contribution >= 4 is 5.97 Å². The number of esters is 1. The normalized spacial score (nSPS) is 10.2. The third-order valence-electron chi connectivity index (χ3n) is 2.82. The van der Waals surface area contributed by atoms with Crippen LogP contribution in [0.15, 0.2) is 42.6 Å². The second-order valence-electron chi connectivity index (χ2n) is 3.93. The van der Waals surface area contributed by atoms with Gasteiger partial charge in [0.25, 0.3) is 0 Å². The van der Waals surface area contributed by atoms with Crippen molar-refractivity contribution in [3.8, 4) is 0 Å². The van der Waals surface area contributed by atoms with Crippen LogP contribution < -0.4 is 0 Å². The van der Waals surface area contributed by atoms with Crippen LogP contribution in [0.2, 0.25) is 0 Å². The van der Waals surface area contributed by atoms with E-state index in [0.717, 1.165) is 5.56 Å². The van der Waals surface area contributed by atoms with E-state index in [1.807, 2.05) is 43.5 Å². The third-order valence-corrected chi connectivity index (χ3v) is 2.82. The van der Waals surface area contributed by atoms with Crippen LogP contribution in [0.5, 0.6) is 0 Å². The number of nitrogens with zero attached hydrogens (tertiary/aromatic N) is 1. The highest BCUT2D eigenvalue weighted by Crippen LogP contribution is 2.13. The van der Waals surface area contributed by atoms with Crippen molar-refractivity contribution in [3.05, 3.63) is 59.4 Å². The lowest BCUT2D eigenvalue weighted by Gasteiger charge is -2.10. The Kier molecular flexibility index (Phi) is 3.28. The van der Waals surface area contributed by atoms with Crippen LogP contribution >= 0.6 is 0 Å². The van der Waals surface area contributed by atoms with Gasteiger partial charge in [-0.15, -0.1) is 0 Å². The van der Waals surface area contributed by atoms with Gasteiger partial charge in [-0.25, -0.2) is 4.79 Å². The molecule has 2 rings (SSSR count). The van der Waals surface area contributed by atoms with Gasteiger partial charge in [-0.1, -0.05) is 18.2 Å². The number of carbonyl (C=O) groups excluding carboxylic acids is 1. The summed E-state index contributed by atoms with van der Waals surface area (Å²) in [7, 11) is 1.40. The number of methoxy groups -OCH3 is 1. The van der Waals surface area contributed by atoms with Gasteiger partial charge in [-0.05, 0) is 30.7 Å². The zero-order chi connectivity index (χ0) is 12.3. The molecule has 0 aliphatic carbocycles. The molecule has 17 heavy (non-hydrogen) atoms. The molecule has 0 saturated heterocycles. The zero-order valence-corrected chi connectivity index (χ0v) is 10.0. The van der Waals surface area contributed by atoms with Crippen LogP contribution in [0.4, 0.5) is 0 Å². The van der Waals surface area contributed by atoms with Gasteiger partial charge in [-0.3, -0.25) is 0 Å². The summed E-state index contributed by atoms with van der Waals surface area (Å²) in [5, 5.41) is 0. The molecule has 0 amide bonds. The Hall–Kier alpha value is -2.03. The molecule has 0 fully saturated rings. The monoisotopic (exact) mass is 229 g/mol. The highest BCUT2D eigenvalue weighted by atomic mass is 16.5. The minimum atomic E-state index is -0.287. The fraction of sp³-hybridized carbons (Fsp3) is 0.214. The lowest BCUT2D eigenvalue weighted by molar-refractivity contribution is 0.0599. The first-order chi connectivity index (χ1) is 8.22. The van der Waals surface area contributed by atoms with Gasteiger partial charge in [-0.2, -0.15) is 0 Å². The summed E-state index contributed by atoms with van der Waals surface area (Å²) >= 11 is 0. The molecule has 2 aromatic rings. The Labute approximate surface area is 101 Å². The number of ether oxygens (including phenoxy) is 1. The number of rotatable bonds is 3. The van der Waals surface area contributed by atoms with E-state index < -0.39 is 0 Å². The van der Waals surface area contributed by atoms with Crippen molar-refractivity contribution in [1.82, 2.24) is 4.57 Å². The van der Waals surface area contributed by atoms with Crippen LogP contribution in [0, 0.1) is 6.92 Å². The molecule has 0 aliphatic rings. The topological polar surface area (TPSA) is 31.2 Å². The number of hydrogen-bond donors (Lipinski definition) is 0. The maximum atomic E-state index is 11.6. The summed E-state index contributed by atoms with van der Waals surface area (Å²) in [5.74, 6) is -0.287. The largest absolute Gasteiger partial charge is 0.465 e. The Morgan fingerprint density at radius 1 is 1.24 bits per heavy atom. The molecule has 0 bridgehead atoms. The highest BCUT2D eigenvalue weighted by Gasteiger charge is 2.11. The van der Waals surface area contributed by atoms with Gasteiger partial charge >= 0.3 is 5.97 Å². The van der Waals surface area contributed by atoms with Gasteiger partial charge in [0.2, 0.25) is 0 Å². The molecule has 0 atom stereocenters. The van der Waals surface area contributed by atoms with Crippen molar-refractivity contribution in [2.75, 3.05) is 7.11 Å². The second-order valence-corrected chi connectivity index (χ2v) is 3.93. The number of benzene rings is 1. The SMILES string of the molecule is COC(=O)c1ccccc1Cn1cccc1C. The summed E-state index contributed by atoms with van der Waals surface area (Å²) in [4.78, 5) is 11.6. The summed E-state index contributed by atoms with van der Waals surface area (Å²) in [6, 6.07) is 11.6. The van der Waals surface area contributed by atoms with E-state index in [-0.39, 0.29) is 5.97 Å². The summed E-state index contributed by atoms with van der Waals surface area (Å²) < 4.78 is 6.88. The maximum absolute atomic E-state index is 11.6. The first-order valence-electron chi connectivity index (χ1n) is 5.50. The van der Waals surface area contributed by atoms with Crippen LogP contribution in [-0.4, -0.2) is 17.6 Å². The molecule has 1 heterocycles. The second kappa shape index (κ2) is 4.87. The molecule has 0 radical (unpaired) electrons. The van der Waals surface area contributed by atoms with E-state index in [1.165, 1.54) is 12.8 Å². The predicted octanol–water partition coefficient (Wildman–Crippen LogP) is 2.63. The van der Waals surface area contributed by atoms with Gasteiger partial charge in [0, 0.05) is 18.4 Å². The standard InChI is InChI=1S/C14H15NO2/c1-11-6-5-9-15(11)10-12-7-3-4-8-13(12)14(16)17-2/h3-9H,10H2,1-2H3. The number of hydrogen-bond acceptors (Lipinski definition) is 2. The Morgan fingerprint density at radius 2 is 2.00 bits per heavy atom. The van der Waals surface area contributed by atoms with Crippen molar-refractivity contribution in [1.29, 1.82) is 0 Å². The molecule has 1 aromatic carbocycles. The van der Waals surface area contributed by atoms with E-state index in [4.69, 9.17) is 4.74 Å². The quantitative estimate of drug-likeness (QED) is 0.758. The molecule has 0 N–H and O–H groups in total. The van der Waals surface area contributed by atoms with Crippen LogP contribution in [0.25, 0.3) is 0 Å². The minimum absolute atomic E-state index is 0.287. The molecule has 0 spiro atoms. The smallest absolute Gasteiger partial charge is 0.338 e. The lowest BCUT2D eigenvalue weighted by Crippen LogP contribution is -2.09. The Balaban J connectivity index is 2.33. The fourth-order valence-electron chi connectivity index (χ4n) is 1.83. The maximum Gasteiger partial charge on any atom is 0.338 e. The van der Waals surface area contributed by atoms with Gasteiger partial charge in [0.15, 0.2) is 0 Å². The van der Waals surface area contributed by atoms with Crippen LogP contribution in [0.3, 0.4) is 0 Å². The molecule has 88 valence electrons. The van der Waals surface area contributed by atoms with E-state index >= 15 is 0 Å². The first-order valence-corrected chi connectivity index (χ1v) is 5.50. The zero-order valence-electron chi connectivity index (χ0n) is 10.0. The van der Waals surface area contributed by atoms with E-state index in [2.05, 4.69) is 4.57 Å². The molecule has 3 heteroatoms. The summed E-state index contributed by atoms with van der Waals surface area (Å²) in [6.45, 7) is 2.73. The Morgan fingerprint density at radius 3 is 2.65 bits per heavy atom. The van der Waals surface area contributed by atoms with Crippen molar-refractivity contribution in [2.45, 2.75) is 13.5 Å². The molecule has 0 aliphatic heterocycles. The summed E-state index contributed by atoms with van der Waals surface area (Å²) in [5.41, 5.74) is 2.77. The average Bonchev–Trinajstić information content (AvgIpc) is 2.75. The van der Waals surface area contributed by atoms with E-state index in [9.17, 15) is 4.79 Å². The van der Waals surface area contributed by atoms with Crippen LogP contribution in [0.1, 0.15) is 21.6 Å². The predicted molar refractivity (Wildman–Crippen MR) is 66.1 cm³/mol. The van der Waals surface area contributed by atoms with Crippen molar-refractivity contribution in [3.63, 3.8) is 0 Å². The lowest BCUT2D eigenvalue weighted by atomic mass is 10.1. The molecular formula is C14H15NO2. The van der Waals surface area contributed by atoms with E-state index in [0.29, 0.717) is 12.1 Å². The van der Waals surface area contributed by atoms with Gasteiger partial charge < -0.3 is 9.30 Å². The third kappa shape index (κ3) is 2.38. The molecule has 3 nitrogen and oxygen atoms in total. The highest BCUT2D eigenvalue weighted by molar-refractivity contribution is 5.90. The van der Waals surface area contributed by atoms with Crippen molar-refractivity contribution in [2.24, 2.45) is 0 Å². The first kappa shape index (κ1) is 11.5. The number of carbonyl (C=O) groups is 1. The van der Waals surface area contributed by atoms with Gasteiger partial charge in [0.05, 0.1) is 12.7 Å². The molecule has 0 saturated carbocycles. The van der Waals surface area contributed by atoms with Gasteiger partial charge in [0.1, 0.15) is 0 Å². The summed E-state index contributed by atoms with van der Waals surface area (Å²) in [6.07, 6.45) is 2.00. The average molecular weight is 229 g/mol. The molecule has 1 aromatic heterocycles. The minimum Gasteiger partial charge on any atom is -0.465 e. The molecular weight excluding hydrogens is 214 g/mol. The number of aromatic nitrogens is 1. The van der Waals surface area contributed by atoms with E-state index in [1.54, 1.807) is 6.07 Å². The van der Waals surface area contributed by atoms with Crippen molar-refractivity contribution < 1.29 is 9.53 Å². The number of aryl methyl sites for hydroxylation is 1.